The number of phenols is 1. The molecule has 4 rings (SSSR count). The Hall–Kier alpha value is -9.63. The number of carbonyl (C=O) groups is 13. The Balaban J connectivity index is 1.45. The minimum absolute atomic E-state index is 0.00489. The maximum Gasteiger partial charge on any atom is 0.245 e. The number of benzene rings is 3. The molecular formula is C59H82N14O18. The highest BCUT2D eigenvalue weighted by Crippen LogP contribution is 2.19. The van der Waals surface area contributed by atoms with Crippen molar-refractivity contribution in [2.24, 2.45) is 23.1 Å². The molecule has 3 aromatic carbocycles. The van der Waals surface area contributed by atoms with Gasteiger partial charge in [0.2, 0.25) is 76.8 Å². The van der Waals surface area contributed by atoms with Crippen molar-refractivity contribution in [3.05, 3.63) is 102 Å². The second-order valence-corrected chi connectivity index (χ2v) is 22.0. The third-order valence-electron chi connectivity index (χ3n) is 14.2. The number of nitrogens with two attached hydrogens (primary N) is 3. The number of aromatic hydroxyl groups is 1. The number of primary amides is 2. The van der Waals surface area contributed by atoms with E-state index in [1.165, 1.54) is 36.1 Å². The Labute approximate surface area is 523 Å². The van der Waals surface area contributed by atoms with Crippen molar-refractivity contribution < 1.29 is 87.9 Å². The second kappa shape index (κ2) is 36.8. The van der Waals surface area contributed by atoms with Gasteiger partial charge in [0, 0.05) is 25.8 Å². The quantitative estimate of drug-likeness (QED) is 0.0257. The first-order valence-electron chi connectivity index (χ1n) is 29.1. The summed E-state index contributed by atoms with van der Waals surface area (Å²) in [4.78, 5) is 175. The predicted octanol–water partition coefficient (Wildman–Crippen LogP) is -7.39. The highest BCUT2D eigenvalue weighted by atomic mass is 16.3. The number of carbonyl (C=O) groups excluding carboxylic acids is 13. The number of nitrogens with zero attached hydrogens (tertiary/aromatic N) is 1. The van der Waals surface area contributed by atoms with Crippen LogP contribution in [0.5, 0.6) is 5.75 Å². The topological polar surface area (TPSA) is 525 Å². The lowest BCUT2D eigenvalue weighted by Gasteiger charge is -2.28. The average molecular weight is 1280 g/mol. The van der Waals surface area contributed by atoms with E-state index >= 15 is 0 Å². The van der Waals surface area contributed by atoms with Gasteiger partial charge in [0.25, 0.3) is 0 Å². The summed E-state index contributed by atoms with van der Waals surface area (Å²) < 4.78 is 0. The summed E-state index contributed by atoms with van der Waals surface area (Å²) in [6, 6.07) is 6.56. The molecule has 32 heteroatoms. The molecular weight excluding hydrogens is 1190 g/mol. The Bertz CT molecular complexity index is 3010. The van der Waals surface area contributed by atoms with E-state index < -0.39 is 183 Å². The number of likely N-dealkylation sites (tertiary alicyclic amines) is 1. The maximum absolute atomic E-state index is 14.2. The number of nitrogens with one attached hydrogen (secondary N) is 10. The molecule has 3 aromatic rings. The first kappa shape index (κ1) is 73.8. The van der Waals surface area contributed by atoms with Crippen LogP contribution in [-0.2, 0) is 81.6 Å². The fourth-order valence-electron chi connectivity index (χ4n) is 9.34. The Kier molecular flexibility index (Phi) is 29.8. The number of hydrogen-bond acceptors (Lipinski definition) is 19. The van der Waals surface area contributed by atoms with Gasteiger partial charge in [-0.15, -0.1) is 0 Å². The van der Waals surface area contributed by atoms with Gasteiger partial charge in [-0.1, -0.05) is 86.6 Å². The zero-order valence-electron chi connectivity index (χ0n) is 50.4. The summed E-state index contributed by atoms with van der Waals surface area (Å²) in [7, 11) is 0. The summed E-state index contributed by atoms with van der Waals surface area (Å²) >= 11 is 0. The van der Waals surface area contributed by atoms with E-state index in [0.29, 0.717) is 23.1 Å². The summed E-state index contributed by atoms with van der Waals surface area (Å²) in [5.41, 5.74) is 18.0. The van der Waals surface area contributed by atoms with Crippen LogP contribution in [0.15, 0.2) is 84.9 Å². The van der Waals surface area contributed by atoms with Crippen LogP contribution in [0, 0.1) is 5.92 Å². The highest BCUT2D eigenvalue weighted by Gasteiger charge is 2.39. The van der Waals surface area contributed by atoms with Gasteiger partial charge in [-0.2, -0.15) is 0 Å². The Morgan fingerprint density at radius 3 is 1.49 bits per heavy atom. The van der Waals surface area contributed by atoms with Gasteiger partial charge >= 0.3 is 0 Å². The molecule has 11 atom stereocenters. The fourth-order valence-corrected chi connectivity index (χ4v) is 9.34. The molecule has 0 spiro atoms. The van der Waals surface area contributed by atoms with E-state index in [0.717, 1.165) is 0 Å². The predicted molar refractivity (Wildman–Crippen MR) is 322 cm³/mol. The number of phenolic OH excluding ortho intramolecular Hbond substituents is 1. The van der Waals surface area contributed by atoms with Crippen molar-refractivity contribution in [2.75, 3.05) is 39.5 Å². The molecule has 1 aliphatic heterocycles. The molecule has 91 heavy (non-hydrogen) atoms. The van der Waals surface area contributed by atoms with Gasteiger partial charge in [-0.3, -0.25) is 62.3 Å². The summed E-state index contributed by atoms with van der Waals surface area (Å²) in [5, 5.41) is 73.9. The van der Waals surface area contributed by atoms with Crippen LogP contribution in [0.4, 0.5) is 0 Å². The molecule has 0 saturated carbocycles. The summed E-state index contributed by atoms with van der Waals surface area (Å²) in [5.74, 6) is -13.4. The third-order valence-corrected chi connectivity index (χ3v) is 14.2. The van der Waals surface area contributed by atoms with Gasteiger partial charge in [0.15, 0.2) is 0 Å². The van der Waals surface area contributed by atoms with Crippen LogP contribution in [0.25, 0.3) is 0 Å². The van der Waals surface area contributed by atoms with Crippen molar-refractivity contribution in [2.45, 2.75) is 132 Å². The number of aliphatic hydroxyl groups excluding tert-OH is 4. The van der Waals surface area contributed by atoms with Crippen LogP contribution in [-0.4, -0.2) is 213 Å². The molecule has 0 aliphatic carbocycles. The largest absolute Gasteiger partial charge is 0.508 e. The first-order chi connectivity index (χ1) is 43.1. The molecule has 1 saturated heterocycles. The fraction of sp³-hybridized carbons (Fsp3) is 0.475. The van der Waals surface area contributed by atoms with Crippen LogP contribution in [0.2, 0.25) is 0 Å². The van der Waals surface area contributed by atoms with Gasteiger partial charge < -0.3 is 101 Å². The molecule has 13 amide bonds. The van der Waals surface area contributed by atoms with Crippen LogP contribution in [0.1, 0.15) is 63.1 Å². The lowest BCUT2D eigenvalue weighted by molar-refractivity contribution is -0.140. The zero-order valence-corrected chi connectivity index (χ0v) is 50.4. The van der Waals surface area contributed by atoms with Crippen LogP contribution < -0.4 is 70.4 Å². The zero-order chi connectivity index (χ0) is 67.5. The minimum atomic E-state index is -1.91. The van der Waals surface area contributed by atoms with Crippen molar-refractivity contribution in [1.29, 1.82) is 0 Å². The molecule has 21 N–H and O–H groups in total. The van der Waals surface area contributed by atoms with Crippen LogP contribution >= 0.6 is 0 Å². The second-order valence-electron chi connectivity index (χ2n) is 22.0. The molecule has 1 heterocycles. The molecule has 0 bridgehead atoms. The SMILES string of the molecule is CC(C)CC(NC(=O)CNC(=O)C(CO)NC(=O)C(CC(N)=O)NC(=O)C(Cc1ccccc1)NC(=O)C(CO)NC(=O)C(Cc1ccc(O)cc1)NC(=O)C1CCCN1C(=O)CNC(=O)C(N)CO)C(=O)NC(C(=O)NC(Cc1ccccc1)C(N)=O)C(C)O. The smallest absolute Gasteiger partial charge is 0.245 e. The number of hydrogen-bond donors (Lipinski definition) is 18. The minimum Gasteiger partial charge on any atom is -0.508 e. The molecule has 0 radical (unpaired) electrons. The Morgan fingerprint density at radius 1 is 0.516 bits per heavy atom. The number of rotatable bonds is 36. The Morgan fingerprint density at radius 2 is 0.978 bits per heavy atom. The molecule has 1 aliphatic rings. The van der Waals surface area contributed by atoms with Gasteiger partial charge in [0.05, 0.1) is 45.4 Å². The van der Waals surface area contributed by atoms with Crippen molar-refractivity contribution in [1.82, 2.24) is 58.1 Å². The number of amides is 13. The van der Waals surface area contributed by atoms with Crippen molar-refractivity contribution in [3.8, 4) is 5.75 Å². The molecule has 496 valence electrons. The van der Waals surface area contributed by atoms with Gasteiger partial charge in [0.1, 0.15) is 66.2 Å². The third kappa shape index (κ3) is 24.4. The summed E-state index contributed by atoms with van der Waals surface area (Å²) in [6.45, 7) is 0.384. The average Bonchev–Trinajstić information content (AvgIpc) is 2.07. The van der Waals surface area contributed by atoms with Gasteiger partial charge in [-0.25, -0.2) is 0 Å². The molecule has 11 unspecified atom stereocenters. The van der Waals surface area contributed by atoms with E-state index in [-0.39, 0.29) is 50.3 Å². The molecule has 32 nitrogen and oxygen atoms in total. The van der Waals surface area contributed by atoms with E-state index in [9.17, 15) is 87.9 Å². The standard InChI is InChI=1S/C59H82N14O18/c1-31(2)21-39(56(88)72-49(32(3)77)59(91)66-38(50(62)82)22-33-11-6-4-7-12-33)65-47(80)26-63-52(84)43(29-75)70-55(87)42(25-46(61)79)68-53(85)40(23-34-13-8-5-9-14-34)67-57(89)44(30-76)71-54(86)41(24-35-16-18-36(78)19-17-35)69-58(90)45-15-10-20-73(45)48(81)27-64-51(83)37(60)28-74/h4-9,11-14,16-19,31-32,37-45,49,74-78H,10,15,20-30,60H2,1-3H3,(H2,61,79)(H2,62,82)(H,63,84)(H,64,83)(H,65,80)(H,66,91)(H,67,89)(H,68,85)(H,69,90)(H,70,87)(H,71,86)(H,72,88). The van der Waals surface area contributed by atoms with E-state index in [2.05, 4.69) is 53.2 Å². The van der Waals surface area contributed by atoms with E-state index in [1.54, 1.807) is 74.5 Å². The summed E-state index contributed by atoms with van der Waals surface area (Å²) in [6.07, 6.45) is -2.56. The molecule has 0 aromatic heterocycles. The van der Waals surface area contributed by atoms with E-state index in [1.807, 2.05) is 0 Å². The number of aliphatic hydroxyl groups is 4. The van der Waals surface area contributed by atoms with Crippen LogP contribution in [0.3, 0.4) is 0 Å². The molecule has 1 fully saturated rings. The maximum atomic E-state index is 14.2. The van der Waals surface area contributed by atoms with Crippen molar-refractivity contribution in [3.63, 3.8) is 0 Å². The lowest BCUT2D eigenvalue weighted by Crippen LogP contribution is -2.61. The monoisotopic (exact) mass is 1270 g/mol. The lowest BCUT2D eigenvalue weighted by atomic mass is 10.0. The van der Waals surface area contributed by atoms with Gasteiger partial charge in [-0.05, 0) is 60.9 Å². The first-order valence-corrected chi connectivity index (χ1v) is 29.1. The highest BCUT2D eigenvalue weighted by molar-refractivity contribution is 6.00. The van der Waals surface area contributed by atoms with E-state index in [4.69, 9.17) is 17.2 Å². The normalized spacial score (nSPS) is 16.0. The van der Waals surface area contributed by atoms with Crippen molar-refractivity contribution >= 4 is 76.8 Å².